The summed E-state index contributed by atoms with van der Waals surface area (Å²) in [7, 11) is 0. The topological polar surface area (TPSA) is 36.1 Å². The van der Waals surface area contributed by atoms with Crippen LogP contribution < -0.4 is 0 Å². The van der Waals surface area contributed by atoms with Crippen LogP contribution in [0.3, 0.4) is 0 Å². The number of hydrogen-bond acceptors (Lipinski definition) is 1. The molecule has 1 aromatic heterocycles. The molecule has 0 aliphatic heterocycles. The van der Waals surface area contributed by atoms with Crippen LogP contribution in [0.2, 0.25) is 0 Å². The number of H-pyrrole nitrogens is 1. The molecule has 2 aromatic carbocycles. The Morgan fingerprint density at radius 1 is 1.17 bits per heavy atom. The SMILES string of the molecule is CC(C)N(Cc1ccccc1)C(=O)Cc1c[nH]c2cc(F)ccc12. The van der Waals surface area contributed by atoms with Gasteiger partial charge in [-0.2, -0.15) is 0 Å². The van der Waals surface area contributed by atoms with Gasteiger partial charge in [0.2, 0.25) is 5.91 Å². The molecule has 0 radical (unpaired) electrons. The number of rotatable bonds is 5. The van der Waals surface area contributed by atoms with Gasteiger partial charge in [-0.1, -0.05) is 30.3 Å². The Bertz CT molecular complexity index is 839. The highest BCUT2D eigenvalue weighted by atomic mass is 19.1. The zero-order valence-electron chi connectivity index (χ0n) is 13.9. The highest BCUT2D eigenvalue weighted by molar-refractivity contribution is 5.89. The van der Waals surface area contributed by atoms with E-state index >= 15 is 0 Å². The van der Waals surface area contributed by atoms with Gasteiger partial charge in [0, 0.05) is 29.7 Å². The van der Waals surface area contributed by atoms with Crippen LogP contribution in [0.4, 0.5) is 4.39 Å². The lowest BCUT2D eigenvalue weighted by atomic mass is 10.1. The Morgan fingerprint density at radius 2 is 1.92 bits per heavy atom. The van der Waals surface area contributed by atoms with Gasteiger partial charge in [-0.05, 0) is 43.2 Å². The van der Waals surface area contributed by atoms with Crippen molar-refractivity contribution in [2.45, 2.75) is 32.9 Å². The van der Waals surface area contributed by atoms with Gasteiger partial charge in [-0.15, -0.1) is 0 Å². The van der Waals surface area contributed by atoms with Crippen molar-refractivity contribution in [3.63, 3.8) is 0 Å². The standard InChI is InChI=1S/C20H21FN2O/c1-14(2)23(13-15-6-4-3-5-7-15)20(24)10-16-12-22-19-11-17(21)8-9-18(16)19/h3-9,11-12,14,22H,10,13H2,1-2H3. The number of fused-ring (bicyclic) bond motifs is 1. The summed E-state index contributed by atoms with van der Waals surface area (Å²) in [5.74, 6) is -0.214. The number of carbonyl (C=O) groups excluding carboxylic acids is 1. The van der Waals surface area contributed by atoms with E-state index in [1.165, 1.54) is 12.1 Å². The third-order valence-corrected chi connectivity index (χ3v) is 4.21. The molecule has 0 fully saturated rings. The number of amides is 1. The molecule has 0 saturated carbocycles. The number of aromatic nitrogens is 1. The summed E-state index contributed by atoms with van der Waals surface area (Å²) in [5, 5.41) is 0.896. The Labute approximate surface area is 141 Å². The molecular weight excluding hydrogens is 303 g/mol. The molecule has 0 saturated heterocycles. The minimum Gasteiger partial charge on any atom is -0.361 e. The highest BCUT2D eigenvalue weighted by Crippen LogP contribution is 2.21. The van der Waals surface area contributed by atoms with E-state index in [2.05, 4.69) is 4.98 Å². The van der Waals surface area contributed by atoms with Crippen LogP contribution in [0.15, 0.2) is 54.7 Å². The molecule has 24 heavy (non-hydrogen) atoms. The van der Waals surface area contributed by atoms with Crippen LogP contribution in [0, 0.1) is 5.82 Å². The lowest BCUT2D eigenvalue weighted by molar-refractivity contribution is -0.132. The molecule has 4 heteroatoms. The van der Waals surface area contributed by atoms with Gasteiger partial charge in [0.1, 0.15) is 5.82 Å². The second-order valence-corrected chi connectivity index (χ2v) is 6.28. The first-order valence-electron chi connectivity index (χ1n) is 8.13. The van der Waals surface area contributed by atoms with E-state index in [-0.39, 0.29) is 17.8 Å². The normalized spacial score (nSPS) is 11.2. The molecule has 3 rings (SSSR count). The lowest BCUT2D eigenvalue weighted by Crippen LogP contribution is -2.37. The summed E-state index contributed by atoms with van der Waals surface area (Å²) in [6.07, 6.45) is 2.10. The fraction of sp³-hybridized carbons (Fsp3) is 0.250. The van der Waals surface area contributed by atoms with Crippen LogP contribution in [-0.2, 0) is 17.8 Å². The molecule has 0 aliphatic rings. The third-order valence-electron chi connectivity index (χ3n) is 4.21. The maximum Gasteiger partial charge on any atom is 0.227 e. The molecule has 3 nitrogen and oxygen atoms in total. The second-order valence-electron chi connectivity index (χ2n) is 6.28. The number of hydrogen-bond donors (Lipinski definition) is 1. The van der Waals surface area contributed by atoms with Crippen molar-refractivity contribution in [2.75, 3.05) is 0 Å². The first-order chi connectivity index (χ1) is 11.5. The predicted octanol–water partition coefficient (Wildman–Crippen LogP) is 4.29. The summed E-state index contributed by atoms with van der Waals surface area (Å²) in [6, 6.07) is 14.7. The Morgan fingerprint density at radius 3 is 2.62 bits per heavy atom. The highest BCUT2D eigenvalue weighted by Gasteiger charge is 2.19. The molecule has 1 heterocycles. The minimum atomic E-state index is -0.282. The van der Waals surface area contributed by atoms with Crippen molar-refractivity contribution in [3.05, 3.63) is 71.7 Å². The quantitative estimate of drug-likeness (QED) is 0.747. The lowest BCUT2D eigenvalue weighted by Gasteiger charge is -2.27. The van der Waals surface area contributed by atoms with Crippen molar-refractivity contribution in [3.8, 4) is 0 Å². The van der Waals surface area contributed by atoms with E-state index in [0.717, 1.165) is 22.0 Å². The maximum absolute atomic E-state index is 13.3. The van der Waals surface area contributed by atoms with Gasteiger partial charge >= 0.3 is 0 Å². The first kappa shape index (κ1) is 16.2. The van der Waals surface area contributed by atoms with Crippen LogP contribution in [0.25, 0.3) is 10.9 Å². The fourth-order valence-corrected chi connectivity index (χ4v) is 2.91. The van der Waals surface area contributed by atoms with E-state index in [1.54, 1.807) is 12.3 Å². The summed E-state index contributed by atoms with van der Waals surface area (Å²) in [4.78, 5) is 17.7. The summed E-state index contributed by atoms with van der Waals surface area (Å²) < 4.78 is 13.3. The van der Waals surface area contributed by atoms with Gasteiger partial charge in [-0.25, -0.2) is 4.39 Å². The zero-order chi connectivity index (χ0) is 17.1. The summed E-state index contributed by atoms with van der Waals surface area (Å²) >= 11 is 0. The zero-order valence-corrected chi connectivity index (χ0v) is 13.9. The fourth-order valence-electron chi connectivity index (χ4n) is 2.91. The van der Waals surface area contributed by atoms with Gasteiger partial charge in [0.05, 0.1) is 6.42 Å². The number of halogens is 1. The molecule has 0 aliphatic carbocycles. The van der Waals surface area contributed by atoms with Gasteiger partial charge < -0.3 is 9.88 Å². The van der Waals surface area contributed by atoms with Crippen molar-refractivity contribution in [1.29, 1.82) is 0 Å². The minimum absolute atomic E-state index is 0.0686. The summed E-state index contributed by atoms with van der Waals surface area (Å²) in [6.45, 7) is 4.63. The number of carbonyl (C=O) groups is 1. The third kappa shape index (κ3) is 3.48. The molecule has 1 amide bonds. The van der Waals surface area contributed by atoms with Gasteiger partial charge in [-0.3, -0.25) is 4.79 Å². The maximum atomic E-state index is 13.3. The van der Waals surface area contributed by atoms with E-state index in [1.807, 2.05) is 49.1 Å². The molecule has 0 bridgehead atoms. The largest absolute Gasteiger partial charge is 0.361 e. The molecular formula is C20H21FN2O. The van der Waals surface area contributed by atoms with Gasteiger partial charge in [0.15, 0.2) is 0 Å². The average Bonchev–Trinajstić information content (AvgIpc) is 2.95. The first-order valence-corrected chi connectivity index (χ1v) is 8.13. The van der Waals surface area contributed by atoms with Crippen molar-refractivity contribution in [1.82, 2.24) is 9.88 Å². The Hall–Kier alpha value is -2.62. The average molecular weight is 324 g/mol. The smallest absolute Gasteiger partial charge is 0.227 e. The Balaban J connectivity index is 1.80. The Kier molecular flexibility index (Phi) is 4.65. The van der Waals surface area contributed by atoms with E-state index in [0.29, 0.717) is 13.0 Å². The van der Waals surface area contributed by atoms with E-state index in [9.17, 15) is 9.18 Å². The van der Waals surface area contributed by atoms with Crippen LogP contribution in [0.1, 0.15) is 25.0 Å². The number of nitrogens with zero attached hydrogens (tertiary/aromatic N) is 1. The van der Waals surface area contributed by atoms with E-state index in [4.69, 9.17) is 0 Å². The van der Waals surface area contributed by atoms with Gasteiger partial charge in [0.25, 0.3) is 0 Å². The van der Waals surface area contributed by atoms with Crippen LogP contribution in [0.5, 0.6) is 0 Å². The van der Waals surface area contributed by atoms with Crippen LogP contribution >= 0.6 is 0 Å². The number of benzene rings is 2. The summed E-state index contributed by atoms with van der Waals surface area (Å²) in [5.41, 5.74) is 2.73. The van der Waals surface area contributed by atoms with Crippen molar-refractivity contribution >= 4 is 16.8 Å². The monoisotopic (exact) mass is 324 g/mol. The molecule has 0 spiro atoms. The molecule has 124 valence electrons. The predicted molar refractivity (Wildman–Crippen MR) is 94.1 cm³/mol. The molecule has 0 unspecified atom stereocenters. The molecule has 1 N–H and O–H groups in total. The number of aromatic amines is 1. The van der Waals surface area contributed by atoms with Crippen molar-refractivity contribution in [2.24, 2.45) is 0 Å². The van der Waals surface area contributed by atoms with Crippen LogP contribution in [-0.4, -0.2) is 21.8 Å². The molecule has 0 atom stereocenters. The number of nitrogens with one attached hydrogen (secondary N) is 1. The molecule has 3 aromatic rings. The second kappa shape index (κ2) is 6.87. The van der Waals surface area contributed by atoms with E-state index < -0.39 is 0 Å². The van der Waals surface area contributed by atoms with Crippen molar-refractivity contribution < 1.29 is 9.18 Å².